The van der Waals surface area contributed by atoms with Crippen molar-refractivity contribution in [1.82, 2.24) is 0 Å². The Kier molecular flexibility index (Phi) is 6.08. The van der Waals surface area contributed by atoms with Crippen molar-refractivity contribution in [3.8, 4) is 0 Å². The Morgan fingerprint density at radius 3 is 2.15 bits per heavy atom. The van der Waals surface area contributed by atoms with Crippen LogP contribution < -0.4 is 0 Å². The van der Waals surface area contributed by atoms with E-state index in [2.05, 4.69) is 52.0 Å². The first-order valence-electron chi connectivity index (χ1n) is 4.59. The van der Waals surface area contributed by atoms with Gasteiger partial charge in [0, 0.05) is 32.7 Å². The zero-order valence-electron chi connectivity index (χ0n) is 8.96. The molecule has 0 aliphatic heterocycles. The standard InChI is InChI=1S/C12H17.Y/c1-9(2)11(4)12-7-5-10(3)6-8-12;/h5-7,9,11H,1-4H3;/q-1;. The molecule has 1 aromatic carbocycles. The average molecular weight is 250 g/mol. The summed E-state index contributed by atoms with van der Waals surface area (Å²) in [6, 6.07) is 9.72. The molecule has 0 nitrogen and oxygen atoms in total. The van der Waals surface area contributed by atoms with Gasteiger partial charge in [0.2, 0.25) is 0 Å². The summed E-state index contributed by atoms with van der Waals surface area (Å²) in [6.07, 6.45) is 0. The molecule has 0 fully saturated rings. The third kappa shape index (κ3) is 3.91. The molecule has 0 aromatic heterocycles. The molecule has 0 heterocycles. The summed E-state index contributed by atoms with van der Waals surface area (Å²) in [4.78, 5) is 0. The summed E-state index contributed by atoms with van der Waals surface area (Å²) < 4.78 is 0. The molecule has 0 saturated heterocycles. The van der Waals surface area contributed by atoms with Crippen LogP contribution in [-0.2, 0) is 32.7 Å². The molecule has 0 saturated carbocycles. The fourth-order valence-electron chi connectivity index (χ4n) is 1.16. The Balaban J connectivity index is 0.00000144. The summed E-state index contributed by atoms with van der Waals surface area (Å²) in [5, 5.41) is 0. The minimum atomic E-state index is 0. The van der Waals surface area contributed by atoms with Gasteiger partial charge in [-0.1, -0.05) is 27.7 Å². The van der Waals surface area contributed by atoms with Gasteiger partial charge in [-0.3, -0.25) is 0 Å². The van der Waals surface area contributed by atoms with Crippen LogP contribution in [0, 0.1) is 18.9 Å². The Labute approximate surface area is 107 Å². The van der Waals surface area contributed by atoms with Crippen molar-refractivity contribution in [3.05, 3.63) is 35.4 Å². The summed E-state index contributed by atoms with van der Waals surface area (Å²) in [5.74, 6) is 1.31. The van der Waals surface area contributed by atoms with Crippen molar-refractivity contribution in [3.63, 3.8) is 0 Å². The van der Waals surface area contributed by atoms with Crippen LogP contribution in [0.4, 0.5) is 0 Å². The molecule has 0 bridgehead atoms. The van der Waals surface area contributed by atoms with Crippen molar-refractivity contribution in [2.24, 2.45) is 5.92 Å². The summed E-state index contributed by atoms with van der Waals surface area (Å²) >= 11 is 0. The van der Waals surface area contributed by atoms with E-state index in [1.165, 1.54) is 11.1 Å². The maximum absolute atomic E-state index is 3.32. The number of rotatable bonds is 2. The molecule has 0 spiro atoms. The van der Waals surface area contributed by atoms with Crippen molar-refractivity contribution < 1.29 is 32.7 Å². The van der Waals surface area contributed by atoms with Crippen molar-refractivity contribution in [2.45, 2.75) is 33.6 Å². The maximum Gasteiger partial charge on any atom is 0 e. The minimum absolute atomic E-state index is 0. The van der Waals surface area contributed by atoms with Crippen molar-refractivity contribution >= 4 is 0 Å². The van der Waals surface area contributed by atoms with Crippen LogP contribution >= 0.6 is 0 Å². The van der Waals surface area contributed by atoms with Crippen LogP contribution in [0.1, 0.15) is 37.8 Å². The molecule has 1 unspecified atom stereocenters. The van der Waals surface area contributed by atoms with E-state index in [4.69, 9.17) is 0 Å². The third-order valence-electron chi connectivity index (χ3n) is 2.48. The molecule has 69 valence electrons. The largest absolute Gasteiger partial charge is 0.180 e. The fourth-order valence-corrected chi connectivity index (χ4v) is 1.16. The Hall–Kier alpha value is 0.324. The van der Waals surface area contributed by atoms with E-state index in [0.29, 0.717) is 11.8 Å². The fraction of sp³-hybridized carbons (Fsp3) is 0.500. The monoisotopic (exact) mass is 250 g/mol. The number of aryl methyl sites for hydroxylation is 1. The van der Waals surface area contributed by atoms with Crippen LogP contribution in [0.25, 0.3) is 0 Å². The zero-order valence-corrected chi connectivity index (χ0v) is 11.8. The summed E-state index contributed by atoms with van der Waals surface area (Å²) in [5.41, 5.74) is 2.62. The Morgan fingerprint density at radius 1 is 1.15 bits per heavy atom. The second-order valence-corrected chi connectivity index (χ2v) is 3.85. The summed E-state index contributed by atoms with van der Waals surface area (Å²) in [6.45, 7) is 8.85. The SMILES string of the molecule is Cc1c[c-]c(C(C)C(C)C)cc1.[Y]. The molecule has 13 heavy (non-hydrogen) atoms. The van der Waals surface area contributed by atoms with Gasteiger partial charge in [-0.05, 0) is 11.8 Å². The Morgan fingerprint density at radius 2 is 1.77 bits per heavy atom. The Bertz CT molecular complexity index is 236. The van der Waals surface area contributed by atoms with E-state index in [9.17, 15) is 0 Å². The van der Waals surface area contributed by atoms with Crippen LogP contribution in [0.5, 0.6) is 0 Å². The van der Waals surface area contributed by atoms with Gasteiger partial charge >= 0.3 is 0 Å². The molecule has 0 aliphatic rings. The first-order valence-corrected chi connectivity index (χ1v) is 4.59. The third-order valence-corrected chi connectivity index (χ3v) is 2.48. The van der Waals surface area contributed by atoms with E-state index in [0.717, 1.165) is 0 Å². The molecule has 0 amide bonds. The second kappa shape index (κ2) is 5.93. The minimum Gasteiger partial charge on any atom is -0.180 e. The smallest absolute Gasteiger partial charge is 0 e. The first-order chi connectivity index (χ1) is 5.61. The predicted octanol–water partition coefficient (Wildman–Crippen LogP) is 3.55. The van der Waals surface area contributed by atoms with Gasteiger partial charge < -0.3 is 0 Å². The van der Waals surface area contributed by atoms with Crippen LogP contribution in [0.15, 0.2) is 18.2 Å². The molecule has 1 heteroatoms. The van der Waals surface area contributed by atoms with Crippen molar-refractivity contribution in [2.75, 3.05) is 0 Å². The van der Waals surface area contributed by atoms with Crippen LogP contribution in [0.2, 0.25) is 0 Å². The van der Waals surface area contributed by atoms with Gasteiger partial charge in [-0.2, -0.15) is 35.4 Å². The molecule has 1 rings (SSSR count). The van der Waals surface area contributed by atoms with Gasteiger partial charge in [0.1, 0.15) is 0 Å². The van der Waals surface area contributed by atoms with E-state index >= 15 is 0 Å². The average Bonchev–Trinajstić information content (AvgIpc) is 2.04. The van der Waals surface area contributed by atoms with E-state index in [1.807, 2.05) is 0 Å². The van der Waals surface area contributed by atoms with Gasteiger partial charge in [-0.25, -0.2) is 0 Å². The van der Waals surface area contributed by atoms with E-state index in [1.54, 1.807) is 0 Å². The zero-order chi connectivity index (χ0) is 9.14. The van der Waals surface area contributed by atoms with Crippen LogP contribution in [0.3, 0.4) is 0 Å². The second-order valence-electron chi connectivity index (χ2n) is 3.85. The molecular weight excluding hydrogens is 233 g/mol. The molecular formula is C12H17Y-. The molecule has 1 atom stereocenters. The summed E-state index contributed by atoms with van der Waals surface area (Å²) in [7, 11) is 0. The quantitative estimate of drug-likeness (QED) is 0.704. The maximum atomic E-state index is 3.32. The topological polar surface area (TPSA) is 0 Å². The molecule has 0 N–H and O–H groups in total. The number of benzene rings is 1. The molecule has 1 aromatic rings. The van der Waals surface area contributed by atoms with Crippen LogP contribution in [-0.4, -0.2) is 0 Å². The van der Waals surface area contributed by atoms with Gasteiger partial charge in [-0.15, -0.1) is 0 Å². The van der Waals surface area contributed by atoms with E-state index < -0.39 is 0 Å². The number of hydrogen-bond acceptors (Lipinski definition) is 0. The molecule has 0 aliphatic carbocycles. The van der Waals surface area contributed by atoms with Gasteiger partial charge in [0.15, 0.2) is 0 Å². The van der Waals surface area contributed by atoms with Gasteiger partial charge in [0.25, 0.3) is 0 Å². The predicted molar refractivity (Wildman–Crippen MR) is 53.3 cm³/mol. The number of hydrogen-bond donors (Lipinski definition) is 0. The van der Waals surface area contributed by atoms with Gasteiger partial charge in [0.05, 0.1) is 0 Å². The first kappa shape index (κ1) is 13.3. The normalized spacial score (nSPS) is 12.4. The van der Waals surface area contributed by atoms with Crippen molar-refractivity contribution in [1.29, 1.82) is 0 Å². The van der Waals surface area contributed by atoms with E-state index in [-0.39, 0.29) is 32.7 Å². The molecule has 1 radical (unpaired) electrons.